The molecule has 0 spiro atoms. The van der Waals surface area contributed by atoms with Gasteiger partial charge in [0.2, 0.25) is 0 Å². The Labute approximate surface area is 104 Å². The van der Waals surface area contributed by atoms with E-state index in [2.05, 4.69) is 4.74 Å². The summed E-state index contributed by atoms with van der Waals surface area (Å²) in [6.07, 6.45) is 0. The third-order valence-corrected chi connectivity index (χ3v) is 2.62. The number of rotatable bonds is 4. The van der Waals surface area contributed by atoms with Gasteiger partial charge in [0.1, 0.15) is 5.75 Å². The van der Waals surface area contributed by atoms with Gasteiger partial charge in [0, 0.05) is 0 Å². The van der Waals surface area contributed by atoms with Crippen LogP contribution in [0.1, 0.15) is 17.2 Å². The molecule has 0 radical (unpaired) electrons. The van der Waals surface area contributed by atoms with Gasteiger partial charge in [-0.15, -0.1) is 0 Å². The van der Waals surface area contributed by atoms with Crippen molar-refractivity contribution in [3.8, 4) is 5.75 Å². The number of benzene rings is 2. The SMILES string of the molecule is N[C@H](c1ccccc1)c1ccc(OC(F)F)cc1. The molecule has 2 rings (SSSR count). The maximum absolute atomic E-state index is 12.0. The lowest BCUT2D eigenvalue weighted by Crippen LogP contribution is -2.11. The second-order valence-electron chi connectivity index (χ2n) is 3.84. The molecule has 0 unspecified atom stereocenters. The zero-order chi connectivity index (χ0) is 13.0. The molecule has 0 aliphatic heterocycles. The molecular weight excluding hydrogens is 236 g/mol. The van der Waals surface area contributed by atoms with Gasteiger partial charge < -0.3 is 10.5 Å². The number of ether oxygens (including phenoxy) is 1. The lowest BCUT2D eigenvalue weighted by molar-refractivity contribution is -0.0498. The molecule has 0 heterocycles. The maximum atomic E-state index is 12.0. The molecular formula is C14H13F2NO. The molecule has 0 amide bonds. The van der Waals surface area contributed by atoms with E-state index in [1.807, 2.05) is 30.3 Å². The molecule has 0 fully saturated rings. The van der Waals surface area contributed by atoms with E-state index in [0.29, 0.717) is 0 Å². The van der Waals surface area contributed by atoms with Gasteiger partial charge in [0.05, 0.1) is 6.04 Å². The highest BCUT2D eigenvalue weighted by Gasteiger charge is 2.09. The van der Waals surface area contributed by atoms with E-state index in [0.717, 1.165) is 11.1 Å². The van der Waals surface area contributed by atoms with Gasteiger partial charge in [-0.05, 0) is 23.3 Å². The van der Waals surface area contributed by atoms with Crippen LogP contribution in [0, 0.1) is 0 Å². The van der Waals surface area contributed by atoms with E-state index in [9.17, 15) is 8.78 Å². The standard InChI is InChI=1S/C14H13F2NO/c15-14(16)18-12-8-6-11(7-9-12)13(17)10-4-2-1-3-5-10/h1-9,13-14H,17H2/t13-/m1/s1. The Morgan fingerprint density at radius 2 is 1.39 bits per heavy atom. The van der Waals surface area contributed by atoms with Crippen molar-refractivity contribution in [3.05, 3.63) is 65.7 Å². The Hall–Kier alpha value is -1.94. The third kappa shape index (κ3) is 3.05. The van der Waals surface area contributed by atoms with Crippen molar-refractivity contribution in [3.63, 3.8) is 0 Å². The minimum Gasteiger partial charge on any atom is -0.435 e. The van der Waals surface area contributed by atoms with E-state index in [1.165, 1.54) is 12.1 Å². The van der Waals surface area contributed by atoms with Crippen LogP contribution in [0.4, 0.5) is 8.78 Å². The molecule has 94 valence electrons. The van der Waals surface area contributed by atoms with Gasteiger partial charge in [0.15, 0.2) is 0 Å². The summed E-state index contributed by atoms with van der Waals surface area (Å²) in [7, 11) is 0. The third-order valence-electron chi connectivity index (χ3n) is 2.62. The Bertz CT molecular complexity index is 485. The van der Waals surface area contributed by atoms with E-state index in [1.54, 1.807) is 12.1 Å². The number of hydrogen-bond acceptors (Lipinski definition) is 2. The van der Waals surface area contributed by atoms with Gasteiger partial charge in [-0.2, -0.15) is 8.78 Å². The molecule has 4 heteroatoms. The summed E-state index contributed by atoms with van der Waals surface area (Å²) in [6.45, 7) is -2.81. The second kappa shape index (κ2) is 5.60. The fraction of sp³-hybridized carbons (Fsp3) is 0.143. The minimum atomic E-state index is -2.81. The van der Waals surface area contributed by atoms with Crippen molar-refractivity contribution in [2.24, 2.45) is 5.73 Å². The Kier molecular flexibility index (Phi) is 3.89. The number of halogens is 2. The molecule has 0 saturated carbocycles. The Morgan fingerprint density at radius 1 is 0.833 bits per heavy atom. The summed E-state index contributed by atoms with van der Waals surface area (Å²) < 4.78 is 28.3. The second-order valence-corrected chi connectivity index (χ2v) is 3.84. The first-order valence-electron chi connectivity index (χ1n) is 5.52. The monoisotopic (exact) mass is 249 g/mol. The number of nitrogens with two attached hydrogens (primary N) is 1. The van der Waals surface area contributed by atoms with Crippen LogP contribution in [-0.2, 0) is 0 Å². The smallest absolute Gasteiger partial charge is 0.387 e. The predicted molar refractivity (Wildman–Crippen MR) is 65.5 cm³/mol. The highest BCUT2D eigenvalue weighted by atomic mass is 19.3. The fourth-order valence-electron chi connectivity index (χ4n) is 1.71. The first kappa shape index (κ1) is 12.5. The molecule has 2 nitrogen and oxygen atoms in total. The van der Waals surface area contributed by atoms with Gasteiger partial charge >= 0.3 is 6.61 Å². The van der Waals surface area contributed by atoms with Crippen molar-refractivity contribution >= 4 is 0 Å². The fourth-order valence-corrected chi connectivity index (χ4v) is 1.71. The topological polar surface area (TPSA) is 35.2 Å². The molecule has 2 N–H and O–H groups in total. The first-order chi connectivity index (χ1) is 8.66. The molecule has 18 heavy (non-hydrogen) atoms. The average molecular weight is 249 g/mol. The van der Waals surface area contributed by atoms with Crippen LogP contribution in [0.2, 0.25) is 0 Å². The summed E-state index contributed by atoms with van der Waals surface area (Å²) in [5.41, 5.74) is 7.90. The minimum absolute atomic E-state index is 0.133. The zero-order valence-electron chi connectivity index (χ0n) is 9.59. The largest absolute Gasteiger partial charge is 0.435 e. The van der Waals surface area contributed by atoms with Crippen LogP contribution < -0.4 is 10.5 Å². The summed E-state index contributed by atoms with van der Waals surface area (Å²) >= 11 is 0. The van der Waals surface area contributed by atoms with Gasteiger partial charge in [0.25, 0.3) is 0 Å². The van der Waals surface area contributed by atoms with Crippen LogP contribution in [0.5, 0.6) is 5.75 Å². The lowest BCUT2D eigenvalue weighted by atomic mass is 10.00. The Balaban J connectivity index is 2.14. The van der Waals surface area contributed by atoms with Crippen molar-refractivity contribution < 1.29 is 13.5 Å². The van der Waals surface area contributed by atoms with Gasteiger partial charge in [-0.3, -0.25) is 0 Å². The van der Waals surface area contributed by atoms with Gasteiger partial charge in [-0.1, -0.05) is 42.5 Å². The van der Waals surface area contributed by atoms with Gasteiger partial charge in [-0.25, -0.2) is 0 Å². The summed E-state index contributed by atoms with van der Waals surface area (Å²) in [5.74, 6) is 0.133. The summed E-state index contributed by atoms with van der Waals surface area (Å²) in [6, 6.07) is 15.7. The van der Waals surface area contributed by atoms with Crippen molar-refractivity contribution in [1.29, 1.82) is 0 Å². The van der Waals surface area contributed by atoms with E-state index in [4.69, 9.17) is 5.73 Å². The molecule has 0 aromatic heterocycles. The van der Waals surface area contributed by atoms with E-state index < -0.39 is 6.61 Å². The van der Waals surface area contributed by atoms with Crippen LogP contribution in [0.3, 0.4) is 0 Å². The van der Waals surface area contributed by atoms with Crippen LogP contribution in [-0.4, -0.2) is 6.61 Å². The van der Waals surface area contributed by atoms with Crippen LogP contribution in [0.15, 0.2) is 54.6 Å². The van der Waals surface area contributed by atoms with Crippen molar-refractivity contribution in [2.75, 3.05) is 0 Å². The molecule has 2 aromatic rings. The van der Waals surface area contributed by atoms with Crippen molar-refractivity contribution in [1.82, 2.24) is 0 Å². The molecule has 0 saturated heterocycles. The highest BCUT2D eigenvalue weighted by Crippen LogP contribution is 2.22. The highest BCUT2D eigenvalue weighted by molar-refractivity contribution is 5.34. The summed E-state index contributed by atoms with van der Waals surface area (Å²) in [5, 5.41) is 0. The zero-order valence-corrected chi connectivity index (χ0v) is 9.59. The Morgan fingerprint density at radius 3 is 1.94 bits per heavy atom. The first-order valence-corrected chi connectivity index (χ1v) is 5.52. The quantitative estimate of drug-likeness (QED) is 0.902. The lowest BCUT2D eigenvalue weighted by Gasteiger charge is -2.13. The number of hydrogen-bond donors (Lipinski definition) is 1. The normalized spacial score (nSPS) is 12.4. The summed E-state index contributed by atoms with van der Waals surface area (Å²) in [4.78, 5) is 0. The van der Waals surface area contributed by atoms with Crippen molar-refractivity contribution in [2.45, 2.75) is 12.7 Å². The molecule has 0 aliphatic rings. The number of alkyl halides is 2. The maximum Gasteiger partial charge on any atom is 0.387 e. The predicted octanol–water partition coefficient (Wildman–Crippen LogP) is 3.34. The molecule has 1 atom stereocenters. The van der Waals surface area contributed by atoms with Crippen LogP contribution >= 0.6 is 0 Å². The molecule has 2 aromatic carbocycles. The van der Waals surface area contributed by atoms with E-state index in [-0.39, 0.29) is 11.8 Å². The van der Waals surface area contributed by atoms with Crippen LogP contribution in [0.25, 0.3) is 0 Å². The van der Waals surface area contributed by atoms with E-state index >= 15 is 0 Å². The average Bonchev–Trinajstić information content (AvgIpc) is 2.39. The molecule has 0 bridgehead atoms. The molecule has 0 aliphatic carbocycles.